The first-order chi connectivity index (χ1) is 10.6. The average Bonchev–Trinajstić information content (AvgIpc) is 2.53. The van der Waals surface area contributed by atoms with E-state index in [0.717, 1.165) is 11.2 Å². The Morgan fingerprint density at radius 3 is 2.23 bits per heavy atom. The number of nitrogens with zero attached hydrogens (tertiary/aromatic N) is 2. The van der Waals surface area contributed by atoms with Gasteiger partial charge in [-0.1, -0.05) is 36.4 Å². The Hall–Kier alpha value is -2.61. The van der Waals surface area contributed by atoms with E-state index in [1.165, 1.54) is 22.2 Å². The van der Waals surface area contributed by atoms with Gasteiger partial charge < -0.3 is 4.90 Å². The van der Waals surface area contributed by atoms with E-state index >= 15 is 0 Å². The summed E-state index contributed by atoms with van der Waals surface area (Å²) >= 11 is 0. The van der Waals surface area contributed by atoms with Crippen LogP contribution in [0.2, 0.25) is 0 Å². The Kier molecular flexibility index (Phi) is 3.92. The topological polar surface area (TPSA) is 16.1 Å². The van der Waals surface area contributed by atoms with Crippen LogP contribution in [0, 0.1) is 6.92 Å². The number of fused-ring (bicyclic) bond motifs is 1. The molecule has 0 saturated carbocycles. The van der Waals surface area contributed by atoms with Crippen LogP contribution < -0.4 is 4.90 Å². The number of benzene rings is 2. The minimum atomic E-state index is 1.05. The van der Waals surface area contributed by atoms with Crippen LogP contribution in [0.1, 0.15) is 16.8 Å². The first-order valence-electron chi connectivity index (χ1n) is 7.45. The third kappa shape index (κ3) is 3.17. The first-order valence-corrected chi connectivity index (χ1v) is 7.45. The monoisotopic (exact) mass is 288 g/mol. The maximum atomic E-state index is 4.53. The highest BCUT2D eigenvalue weighted by atomic mass is 15.1. The van der Waals surface area contributed by atoms with Crippen LogP contribution >= 0.6 is 0 Å². The van der Waals surface area contributed by atoms with E-state index < -0.39 is 0 Å². The molecule has 0 atom stereocenters. The molecule has 0 saturated heterocycles. The predicted molar refractivity (Wildman–Crippen MR) is 96.2 cm³/mol. The summed E-state index contributed by atoms with van der Waals surface area (Å²) < 4.78 is 0. The maximum absolute atomic E-state index is 4.53. The van der Waals surface area contributed by atoms with Gasteiger partial charge in [0.25, 0.3) is 0 Å². The SMILES string of the molecule is Cc1ccc2cc(/C=C/c3ccc(N(C)C)cc3)ccc2n1. The van der Waals surface area contributed by atoms with Crippen molar-refractivity contribution in [2.45, 2.75) is 6.92 Å². The lowest BCUT2D eigenvalue weighted by molar-refractivity contribution is 1.13. The minimum absolute atomic E-state index is 1.05. The summed E-state index contributed by atoms with van der Waals surface area (Å²) in [7, 11) is 4.10. The van der Waals surface area contributed by atoms with Gasteiger partial charge in [-0.15, -0.1) is 0 Å². The molecule has 0 unspecified atom stereocenters. The Labute approximate surface area is 131 Å². The Morgan fingerprint density at radius 1 is 0.818 bits per heavy atom. The molecule has 0 fully saturated rings. The number of anilines is 1. The van der Waals surface area contributed by atoms with Crippen molar-refractivity contribution in [1.29, 1.82) is 0 Å². The normalized spacial score (nSPS) is 11.2. The predicted octanol–water partition coefficient (Wildman–Crippen LogP) is 4.78. The molecule has 3 rings (SSSR count). The molecular weight excluding hydrogens is 268 g/mol. The maximum Gasteiger partial charge on any atom is 0.0705 e. The van der Waals surface area contributed by atoms with Crippen LogP contribution in [0.4, 0.5) is 5.69 Å². The van der Waals surface area contributed by atoms with E-state index in [1.807, 2.05) is 6.92 Å². The van der Waals surface area contributed by atoms with E-state index in [2.05, 4.69) is 90.7 Å². The van der Waals surface area contributed by atoms with Crippen molar-refractivity contribution < 1.29 is 0 Å². The summed E-state index contributed by atoms with van der Waals surface area (Å²) in [5, 5.41) is 1.18. The molecule has 0 N–H and O–H groups in total. The number of aryl methyl sites for hydroxylation is 1. The fourth-order valence-electron chi connectivity index (χ4n) is 2.43. The van der Waals surface area contributed by atoms with Gasteiger partial charge in [0.15, 0.2) is 0 Å². The quantitative estimate of drug-likeness (QED) is 0.645. The van der Waals surface area contributed by atoms with Crippen LogP contribution in [-0.4, -0.2) is 19.1 Å². The molecule has 1 heterocycles. The number of hydrogen-bond acceptors (Lipinski definition) is 2. The summed E-state index contributed by atoms with van der Waals surface area (Å²) in [5.41, 5.74) is 5.70. The van der Waals surface area contributed by atoms with Crippen LogP contribution in [0.25, 0.3) is 23.1 Å². The standard InChI is InChI=1S/C20H20N2/c1-15-4-10-18-14-17(9-13-20(18)21-15)6-5-16-7-11-19(12-8-16)22(2)3/h4-14H,1-3H3/b6-5+. The molecule has 2 aromatic carbocycles. The van der Waals surface area contributed by atoms with Crippen LogP contribution in [0.15, 0.2) is 54.6 Å². The van der Waals surface area contributed by atoms with Crippen molar-refractivity contribution in [2.24, 2.45) is 0 Å². The van der Waals surface area contributed by atoms with E-state index in [-0.39, 0.29) is 0 Å². The first kappa shape index (κ1) is 14.3. The molecule has 0 amide bonds. The van der Waals surface area contributed by atoms with Crippen molar-refractivity contribution >= 4 is 28.7 Å². The molecule has 0 bridgehead atoms. The molecular formula is C20H20N2. The molecule has 22 heavy (non-hydrogen) atoms. The fraction of sp³-hybridized carbons (Fsp3) is 0.150. The van der Waals surface area contributed by atoms with Gasteiger partial charge in [-0.05, 0) is 48.4 Å². The van der Waals surface area contributed by atoms with Gasteiger partial charge in [-0.25, -0.2) is 0 Å². The largest absolute Gasteiger partial charge is 0.378 e. The molecule has 110 valence electrons. The van der Waals surface area contributed by atoms with Crippen LogP contribution in [0.3, 0.4) is 0 Å². The Morgan fingerprint density at radius 2 is 1.50 bits per heavy atom. The van der Waals surface area contributed by atoms with Gasteiger partial charge in [-0.3, -0.25) is 4.98 Å². The highest BCUT2D eigenvalue weighted by Crippen LogP contribution is 2.18. The van der Waals surface area contributed by atoms with E-state index in [0.29, 0.717) is 0 Å². The molecule has 0 radical (unpaired) electrons. The zero-order valence-corrected chi connectivity index (χ0v) is 13.2. The second-order valence-electron chi connectivity index (χ2n) is 5.72. The molecule has 0 spiro atoms. The van der Waals surface area contributed by atoms with Crippen molar-refractivity contribution in [2.75, 3.05) is 19.0 Å². The zero-order valence-electron chi connectivity index (χ0n) is 13.2. The fourth-order valence-corrected chi connectivity index (χ4v) is 2.43. The van der Waals surface area contributed by atoms with Crippen LogP contribution in [-0.2, 0) is 0 Å². The molecule has 0 aliphatic heterocycles. The van der Waals surface area contributed by atoms with Gasteiger partial charge in [0.1, 0.15) is 0 Å². The Bertz CT molecular complexity index is 815. The summed E-state index contributed by atoms with van der Waals surface area (Å²) in [4.78, 5) is 6.64. The van der Waals surface area contributed by atoms with E-state index in [4.69, 9.17) is 0 Å². The lowest BCUT2D eigenvalue weighted by Gasteiger charge is -2.11. The number of rotatable bonds is 3. The van der Waals surface area contributed by atoms with Crippen molar-refractivity contribution in [3.8, 4) is 0 Å². The van der Waals surface area contributed by atoms with Gasteiger partial charge in [-0.2, -0.15) is 0 Å². The molecule has 3 aromatic rings. The minimum Gasteiger partial charge on any atom is -0.378 e. The van der Waals surface area contributed by atoms with Gasteiger partial charge >= 0.3 is 0 Å². The molecule has 2 heteroatoms. The van der Waals surface area contributed by atoms with Crippen molar-refractivity contribution in [1.82, 2.24) is 4.98 Å². The zero-order chi connectivity index (χ0) is 15.5. The Balaban J connectivity index is 1.84. The van der Waals surface area contributed by atoms with Gasteiger partial charge in [0, 0.05) is 30.9 Å². The smallest absolute Gasteiger partial charge is 0.0705 e. The second-order valence-corrected chi connectivity index (χ2v) is 5.72. The van der Waals surface area contributed by atoms with E-state index in [9.17, 15) is 0 Å². The third-order valence-electron chi connectivity index (χ3n) is 3.73. The number of aromatic nitrogens is 1. The van der Waals surface area contributed by atoms with Gasteiger partial charge in [0.2, 0.25) is 0 Å². The summed E-state index contributed by atoms with van der Waals surface area (Å²) in [5.74, 6) is 0. The molecule has 0 aliphatic rings. The average molecular weight is 288 g/mol. The van der Waals surface area contributed by atoms with Crippen LogP contribution in [0.5, 0.6) is 0 Å². The third-order valence-corrected chi connectivity index (χ3v) is 3.73. The van der Waals surface area contributed by atoms with E-state index in [1.54, 1.807) is 0 Å². The summed E-state index contributed by atoms with van der Waals surface area (Å²) in [6.07, 6.45) is 4.28. The number of hydrogen-bond donors (Lipinski definition) is 0. The molecule has 2 nitrogen and oxygen atoms in total. The molecule has 0 aliphatic carbocycles. The summed E-state index contributed by atoms with van der Waals surface area (Å²) in [6, 6.07) is 19.1. The molecule has 1 aromatic heterocycles. The highest BCUT2D eigenvalue weighted by molar-refractivity contribution is 5.83. The van der Waals surface area contributed by atoms with Gasteiger partial charge in [0.05, 0.1) is 5.52 Å². The second kappa shape index (κ2) is 6.02. The van der Waals surface area contributed by atoms with Crippen molar-refractivity contribution in [3.05, 3.63) is 71.4 Å². The highest BCUT2D eigenvalue weighted by Gasteiger charge is 1.97. The number of pyridine rings is 1. The summed E-state index contributed by atoms with van der Waals surface area (Å²) in [6.45, 7) is 2.02. The lowest BCUT2D eigenvalue weighted by atomic mass is 10.1. The lowest BCUT2D eigenvalue weighted by Crippen LogP contribution is -2.07. The van der Waals surface area contributed by atoms with Crippen molar-refractivity contribution in [3.63, 3.8) is 0 Å².